The van der Waals surface area contributed by atoms with Crippen LogP contribution in [-0.4, -0.2) is 44.6 Å². The lowest BCUT2D eigenvalue weighted by Gasteiger charge is -2.37. The molecule has 1 rings (SSSR count). The van der Waals surface area contributed by atoms with Crippen LogP contribution in [0.15, 0.2) is 0 Å². The van der Waals surface area contributed by atoms with E-state index < -0.39 is 26.3 Å². The Balaban J connectivity index is 2.77. The highest BCUT2D eigenvalue weighted by atomic mass is 35.7. The standard InChI is InChI=1S/C11H20ClNO5S/c1-10(2,3)18-9(14)13-11(8-19(12,15)16)4-6-17-7-5-11/h4-8H2,1-3H3,(H,13,14). The minimum absolute atomic E-state index is 0.329. The SMILES string of the molecule is CC(C)(C)OC(=O)NC1(CS(=O)(=O)Cl)CCOCC1. The van der Waals surface area contributed by atoms with E-state index in [0.29, 0.717) is 26.1 Å². The van der Waals surface area contributed by atoms with E-state index in [2.05, 4.69) is 5.32 Å². The number of alkyl carbamates (subject to hydrolysis) is 1. The van der Waals surface area contributed by atoms with E-state index in [1.807, 2.05) is 0 Å². The lowest BCUT2D eigenvalue weighted by molar-refractivity contribution is 0.0227. The third-order valence-electron chi connectivity index (χ3n) is 2.66. The zero-order chi connectivity index (χ0) is 14.7. The number of rotatable bonds is 3. The number of carbonyl (C=O) groups is 1. The number of carbonyl (C=O) groups excluding carboxylic acids is 1. The van der Waals surface area contributed by atoms with Gasteiger partial charge in [-0.05, 0) is 33.6 Å². The van der Waals surface area contributed by atoms with Crippen LogP contribution in [-0.2, 0) is 18.5 Å². The number of hydrogen-bond acceptors (Lipinski definition) is 5. The van der Waals surface area contributed by atoms with Gasteiger partial charge < -0.3 is 14.8 Å². The van der Waals surface area contributed by atoms with Crippen LogP contribution in [0.5, 0.6) is 0 Å². The molecule has 0 aromatic rings. The first kappa shape index (κ1) is 16.5. The van der Waals surface area contributed by atoms with Gasteiger partial charge >= 0.3 is 6.09 Å². The molecule has 0 radical (unpaired) electrons. The summed E-state index contributed by atoms with van der Waals surface area (Å²) in [6.07, 6.45) is 0.130. The van der Waals surface area contributed by atoms with Crippen molar-refractivity contribution < 1.29 is 22.7 Å². The summed E-state index contributed by atoms with van der Waals surface area (Å²) in [7, 11) is 1.59. The molecule has 1 saturated heterocycles. The van der Waals surface area contributed by atoms with Gasteiger partial charge in [-0.25, -0.2) is 13.2 Å². The van der Waals surface area contributed by atoms with E-state index in [9.17, 15) is 13.2 Å². The van der Waals surface area contributed by atoms with Crippen molar-refractivity contribution in [1.29, 1.82) is 0 Å². The van der Waals surface area contributed by atoms with Gasteiger partial charge in [-0.1, -0.05) is 0 Å². The van der Waals surface area contributed by atoms with Crippen molar-refractivity contribution in [2.45, 2.75) is 44.8 Å². The van der Waals surface area contributed by atoms with Crippen LogP contribution in [0, 0.1) is 0 Å². The number of nitrogens with one attached hydrogen (secondary N) is 1. The Morgan fingerprint density at radius 2 is 1.89 bits per heavy atom. The van der Waals surface area contributed by atoms with Crippen molar-refractivity contribution in [2.75, 3.05) is 19.0 Å². The zero-order valence-corrected chi connectivity index (χ0v) is 12.9. The molecule has 0 saturated carbocycles. The summed E-state index contributed by atoms with van der Waals surface area (Å²) in [4.78, 5) is 11.8. The van der Waals surface area contributed by atoms with Crippen LogP contribution in [0.1, 0.15) is 33.6 Å². The average Bonchev–Trinajstić information content (AvgIpc) is 2.11. The van der Waals surface area contributed by atoms with Crippen molar-refractivity contribution in [2.24, 2.45) is 0 Å². The van der Waals surface area contributed by atoms with Gasteiger partial charge in [-0.3, -0.25) is 0 Å². The molecule has 0 aromatic heterocycles. The summed E-state index contributed by atoms with van der Waals surface area (Å²) >= 11 is 0. The van der Waals surface area contributed by atoms with Gasteiger partial charge in [0, 0.05) is 23.9 Å². The quantitative estimate of drug-likeness (QED) is 0.801. The van der Waals surface area contributed by atoms with Crippen molar-refractivity contribution in [3.63, 3.8) is 0 Å². The Kier molecular flexibility index (Phi) is 5.08. The smallest absolute Gasteiger partial charge is 0.408 e. The van der Waals surface area contributed by atoms with Crippen molar-refractivity contribution >= 4 is 25.8 Å². The lowest BCUT2D eigenvalue weighted by Crippen LogP contribution is -2.56. The van der Waals surface area contributed by atoms with E-state index in [-0.39, 0.29) is 5.75 Å². The van der Waals surface area contributed by atoms with Crippen molar-refractivity contribution in [3.05, 3.63) is 0 Å². The fourth-order valence-corrected chi connectivity index (χ4v) is 3.57. The molecule has 1 aliphatic rings. The second-order valence-corrected chi connectivity index (χ2v) is 8.48. The maximum Gasteiger partial charge on any atom is 0.408 e. The summed E-state index contributed by atoms with van der Waals surface area (Å²) in [5.41, 5.74) is -1.56. The first-order valence-corrected chi connectivity index (χ1v) is 8.51. The van der Waals surface area contributed by atoms with Crippen LogP contribution < -0.4 is 5.32 Å². The van der Waals surface area contributed by atoms with Crippen LogP contribution in [0.2, 0.25) is 0 Å². The van der Waals surface area contributed by atoms with Crippen molar-refractivity contribution in [1.82, 2.24) is 5.32 Å². The molecule has 112 valence electrons. The Bertz CT molecular complexity index is 423. The lowest BCUT2D eigenvalue weighted by atomic mass is 9.92. The molecule has 1 amide bonds. The molecule has 1 N–H and O–H groups in total. The molecule has 1 heterocycles. The van der Waals surface area contributed by atoms with Gasteiger partial charge in [-0.15, -0.1) is 0 Å². The van der Waals surface area contributed by atoms with Crippen LogP contribution in [0.3, 0.4) is 0 Å². The van der Waals surface area contributed by atoms with Gasteiger partial charge in [-0.2, -0.15) is 0 Å². The molecule has 1 fully saturated rings. The molecule has 8 heteroatoms. The normalized spacial score (nSPS) is 19.8. The number of halogens is 1. The highest BCUT2D eigenvalue weighted by Crippen LogP contribution is 2.25. The highest BCUT2D eigenvalue weighted by Gasteiger charge is 2.39. The molecule has 6 nitrogen and oxygen atoms in total. The van der Waals surface area contributed by atoms with Gasteiger partial charge in [0.1, 0.15) is 5.60 Å². The molecule has 0 atom stereocenters. The van der Waals surface area contributed by atoms with Crippen LogP contribution in [0.4, 0.5) is 4.79 Å². The predicted octanol–water partition coefficient (Wildman–Crippen LogP) is 1.63. The topological polar surface area (TPSA) is 81.7 Å². The maximum atomic E-state index is 11.8. The summed E-state index contributed by atoms with van der Waals surface area (Å²) < 4.78 is 33.0. The largest absolute Gasteiger partial charge is 0.444 e. The molecule has 0 spiro atoms. The summed E-state index contributed by atoms with van der Waals surface area (Å²) in [6.45, 7) is 5.97. The Hall–Kier alpha value is -0.530. The molecule has 0 aromatic carbocycles. The van der Waals surface area contributed by atoms with E-state index in [1.54, 1.807) is 20.8 Å². The zero-order valence-electron chi connectivity index (χ0n) is 11.4. The van der Waals surface area contributed by atoms with E-state index in [4.69, 9.17) is 20.2 Å². The van der Waals surface area contributed by atoms with E-state index >= 15 is 0 Å². The maximum absolute atomic E-state index is 11.8. The Labute approximate surface area is 118 Å². The Morgan fingerprint density at radius 3 is 2.32 bits per heavy atom. The minimum atomic E-state index is -3.73. The first-order valence-electron chi connectivity index (χ1n) is 6.03. The number of amides is 1. The van der Waals surface area contributed by atoms with Gasteiger partial charge in [0.2, 0.25) is 9.05 Å². The molecule has 0 unspecified atom stereocenters. The van der Waals surface area contributed by atoms with Gasteiger partial charge in [0.15, 0.2) is 0 Å². The number of hydrogen-bond donors (Lipinski definition) is 1. The molecule has 0 bridgehead atoms. The van der Waals surface area contributed by atoms with Crippen LogP contribution >= 0.6 is 10.7 Å². The van der Waals surface area contributed by atoms with Crippen LogP contribution in [0.25, 0.3) is 0 Å². The fraction of sp³-hybridized carbons (Fsp3) is 0.909. The predicted molar refractivity (Wildman–Crippen MR) is 71.8 cm³/mol. The second kappa shape index (κ2) is 5.85. The third kappa shape index (κ3) is 6.44. The van der Waals surface area contributed by atoms with Crippen molar-refractivity contribution in [3.8, 4) is 0 Å². The monoisotopic (exact) mass is 313 g/mol. The van der Waals surface area contributed by atoms with E-state index in [0.717, 1.165) is 0 Å². The summed E-state index contributed by atoms with van der Waals surface area (Å²) in [5.74, 6) is -0.329. The second-order valence-electron chi connectivity index (χ2n) is 5.70. The highest BCUT2D eigenvalue weighted by molar-refractivity contribution is 8.13. The molecular formula is C11H20ClNO5S. The molecule has 0 aliphatic carbocycles. The number of ether oxygens (including phenoxy) is 2. The minimum Gasteiger partial charge on any atom is -0.444 e. The fourth-order valence-electron chi connectivity index (χ4n) is 1.92. The average molecular weight is 314 g/mol. The van der Waals surface area contributed by atoms with E-state index in [1.165, 1.54) is 0 Å². The third-order valence-corrected chi connectivity index (χ3v) is 3.89. The van der Waals surface area contributed by atoms with Gasteiger partial charge in [0.25, 0.3) is 0 Å². The summed E-state index contributed by atoms with van der Waals surface area (Å²) in [5, 5.41) is 2.64. The van der Waals surface area contributed by atoms with Gasteiger partial charge in [0.05, 0.1) is 11.3 Å². The Morgan fingerprint density at radius 1 is 1.37 bits per heavy atom. The molecular weight excluding hydrogens is 294 g/mol. The molecule has 1 aliphatic heterocycles. The molecule has 19 heavy (non-hydrogen) atoms. The first-order chi connectivity index (χ1) is 8.52. The summed E-state index contributed by atoms with van der Waals surface area (Å²) in [6, 6.07) is 0.